The Morgan fingerprint density at radius 3 is 2.37 bits per heavy atom. The molecule has 104 valence electrons. The van der Waals surface area contributed by atoms with Crippen molar-refractivity contribution in [1.29, 1.82) is 0 Å². The normalized spacial score (nSPS) is 11.1. The molecule has 0 aliphatic heterocycles. The number of hydrogen-bond donors (Lipinski definition) is 1. The van der Waals surface area contributed by atoms with E-state index in [0.29, 0.717) is 6.29 Å². The first-order valence-corrected chi connectivity index (χ1v) is 5.90. The van der Waals surface area contributed by atoms with Gasteiger partial charge in [-0.15, -0.1) is 0 Å². The summed E-state index contributed by atoms with van der Waals surface area (Å²) in [5, 5.41) is 2.45. The van der Waals surface area contributed by atoms with Crippen LogP contribution in [0.4, 0.5) is 14.9 Å². The quantitative estimate of drug-likeness (QED) is 0.833. The molecule has 5 heteroatoms. The minimum atomic E-state index is -0.685. The molecule has 0 atom stereocenters. The van der Waals surface area contributed by atoms with Crippen LogP contribution in [-0.2, 0) is 4.74 Å². The van der Waals surface area contributed by atoms with Crippen molar-refractivity contribution in [3.63, 3.8) is 0 Å². The van der Waals surface area contributed by atoms with E-state index in [0.717, 1.165) is 0 Å². The Labute approximate surface area is 112 Å². The van der Waals surface area contributed by atoms with E-state index in [2.05, 4.69) is 5.32 Å². The molecule has 0 aromatic heterocycles. The first-order valence-electron chi connectivity index (χ1n) is 5.90. The van der Waals surface area contributed by atoms with Crippen molar-refractivity contribution in [2.45, 2.75) is 40.2 Å². The molecule has 1 N–H and O–H groups in total. The molecule has 0 radical (unpaired) electrons. The van der Waals surface area contributed by atoms with Gasteiger partial charge in [-0.05, 0) is 46.2 Å². The van der Waals surface area contributed by atoms with Gasteiger partial charge in [0.15, 0.2) is 0 Å². The molecular weight excluding hydrogens is 249 g/mol. The van der Waals surface area contributed by atoms with E-state index in [1.807, 2.05) is 0 Å². The third kappa shape index (κ3) is 3.77. The van der Waals surface area contributed by atoms with E-state index in [1.54, 1.807) is 20.8 Å². The van der Waals surface area contributed by atoms with Crippen LogP contribution in [0.3, 0.4) is 0 Å². The summed E-state index contributed by atoms with van der Waals surface area (Å²) in [6.07, 6.45) is -0.131. The van der Waals surface area contributed by atoms with Gasteiger partial charge in [0.2, 0.25) is 0 Å². The fourth-order valence-corrected chi connectivity index (χ4v) is 1.56. The second-order valence-corrected chi connectivity index (χ2v) is 5.32. The molecule has 1 aromatic rings. The van der Waals surface area contributed by atoms with E-state index in [4.69, 9.17) is 4.74 Å². The molecule has 0 aliphatic carbocycles. The first kappa shape index (κ1) is 15.1. The highest BCUT2D eigenvalue weighted by molar-refractivity contribution is 5.89. The van der Waals surface area contributed by atoms with Gasteiger partial charge in [0, 0.05) is 11.1 Å². The highest BCUT2D eigenvalue weighted by Gasteiger charge is 2.19. The number of hydrogen-bond acceptors (Lipinski definition) is 3. The molecule has 4 nitrogen and oxygen atoms in total. The molecule has 1 amide bonds. The fourth-order valence-electron chi connectivity index (χ4n) is 1.56. The van der Waals surface area contributed by atoms with Gasteiger partial charge in [0.1, 0.15) is 17.7 Å². The highest BCUT2D eigenvalue weighted by Crippen LogP contribution is 2.24. The second kappa shape index (κ2) is 5.38. The van der Waals surface area contributed by atoms with E-state index in [1.165, 1.54) is 19.9 Å². The summed E-state index contributed by atoms with van der Waals surface area (Å²) in [4.78, 5) is 22.5. The van der Waals surface area contributed by atoms with Crippen LogP contribution in [0.2, 0.25) is 0 Å². The topological polar surface area (TPSA) is 55.4 Å². The third-order valence-electron chi connectivity index (χ3n) is 2.56. The molecule has 0 spiro atoms. The number of anilines is 1. The minimum Gasteiger partial charge on any atom is -0.444 e. The standard InChI is InChI=1S/C14H18FNO3/c1-8-10(7-17)6-11(9(2)12(8)15)16-13(18)19-14(3,4)5/h6-7H,1-5H3,(H,16,18). The van der Waals surface area contributed by atoms with Crippen LogP contribution < -0.4 is 5.32 Å². The summed E-state index contributed by atoms with van der Waals surface area (Å²) in [6, 6.07) is 1.44. The summed E-state index contributed by atoms with van der Waals surface area (Å²) in [5.41, 5.74) is 0.333. The zero-order chi connectivity index (χ0) is 14.8. The minimum absolute atomic E-state index is 0.203. The Morgan fingerprint density at radius 1 is 1.32 bits per heavy atom. The van der Waals surface area contributed by atoms with Crippen LogP contribution in [0, 0.1) is 19.7 Å². The van der Waals surface area contributed by atoms with Gasteiger partial charge in [-0.1, -0.05) is 0 Å². The number of amides is 1. The van der Waals surface area contributed by atoms with Crippen molar-refractivity contribution < 1.29 is 18.7 Å². The van der Waals surface area contributed by atoms with Crippen molar-refractivity contribution in [3.8, 4) is 0 Å². The summed E-state index contributed by atoms with van der Waals surface area (Å²) in [7, 11) is 0. The van der Waals surface area contributed by atoms with Crippen molar-refractivity contribution >= 4 is 18.1 Å². The van der Waals surface area contributed by atoms with Gasteiger partial charge in [0.25, 0.3) is 0 Å². The smallest absolute Gasteiger partial charge is 0.412 e. The van der Waals surface area contributed by atoms with Crippen molar-refractivity contribution in [3.05, 3.63) is 28.6 Å². The van der Waals surface area contributed by atoms with Gasteiger partial charge in [-0.25, -0.2) is 9.18 Å². The van der Waals surface area contributed by atoms with Crippen molar-refractivity contribution in [2.24, 2.45) is 0 Å². The maximum absolute atomic E-state index is 13.9. The largest absolute Gasteiger partial charge is 0.444 e. The highest BCUT2D eigenvalue weighted by atomic mass is 19.1. The van der Waals surface area contributed by atoms with Gasteiger partial charge in [-0.2, -0.15) is 0 Å². The van der Waals surface area contributed by atoms with Gasteiger partial charge < -0.3 is 4.74 Å². The van der Waals surface area contributed by atoms with Crippen molar-refractivity contribution in [2.75, 3.05) is 5.32 Å². The van der Waals surface area contributed by atoms with Crippen LogP contribution in [-0.4, -0.2) is 18.0 Å². The monoisotopic (exact) mass is 267 g/mol. The van der Waals surface area contributed by atoms with E-state index in [-0.39, 0.29) is 22.4 Å². The van der Waals surface area contributed by atoms with Crippen LogP contribution >= 0.6 is 0 Å². The number of aldehydes is 1. The molecule has 1 aromatic carbocycles. The molecule has 19 heavy (non-hydrogen) atoms. The van der Waals surface area contributed by atoms with Crippen LogP contribution in [0.5, 0.6) is 0 Å². The van der Waals surface area contributed by atoms with Crippen LogP contribution in [0.15, 0.2) is 6.07 Å². The Morgan fingerprint density at radius 2 is 1.89 bits per heavy atom. The molecule has 0 heterocycles. The van der Waals surface area contributed by atoms with E-state index < -0.39 is 17.5 Å². The maximum Gasteiger partial charge on any atom is 0.412 e. The molecule has 0 fully saturated rings. The molecule has 0 bridgehead atoms. The number of rotatable bonds is 2. The molecule has 0 aliphatic rings. The zero-order valence-corrected chi connectivity index (χ0v) is 11.8. The first-order chi connectivity index (χ1) is 8.65. The van der Waals surface area contributed by atoms with E-state index in [9.17, 15) is 14.0 Å². The van der Waals surface area contributed by atoms with Crippen LogP contribution in [0.1, 0.15) is 42.3 Å². The van der Waals surface area contributed by atoms with Crippen molar-refractivity contribution in [1.82, 2.24) is 0 Å². The Hall–Kier alpha value is -1.91. The SMILES string of the molecule is Cc1c(C=O)cc(NC(=O)OC(C)(C)C)c(C)c1F. The average molecular weight is 267 g/mol. The maximum atomic E-state index is 13.9. The summed E-state index contributed by atoms with van der Waals surface area (Å²) in [6.45, 7) is 8.23. The molecule has 0 saturated carbocycles. The zero-order valence-electron chi connectivity index (χ0n) is 11.8. The fraction of sp³-hybridized carbons (Fsp3) is 0.429. The number of nitrogens with one attached hydrogen (secondary N) is 1. The van der Waals surface area contributed by atoms with Gasteiger partial charge in [-0.3, -0.25) is 10.1 Å². The lowest BCUT2D eigenvalue weighted by molar-refractivity contribution is 0.0635. The number of ether oxygens (including phenoxy) is 1. The van der Waals surface area contributed by atoms with E-state index >= 15 is 0 Å². The number of carbonyl (C=O) groups excluding carboxylic acids is 2. The molecule has 0 unspecified atom stereocenters. The van der Waals surface area contributed by atoms with Crippen LogP contribution in [0.25, 0.3) is 0 Å². The Bertz CT molecular complexity index is 518. The number of benzene rings is 1. The lowest BCUT2D eigenvalue weighted by Gasteiger charge is -2.20. The predicted molar refractivity (Wildman–Crippen MR) is 71.1 cm³/mol. The lowest BCUT2D eigenvalue weighted by atomic mass is 10.0. The second-order valence-electron chi connectivity index (χ2n) is 5.32. The summed E-state index contributed by atoms with van der Waals surface area (Å²) < 4.78 is 19.0. The summed E-state index contributed by atoms with van der Waals surface area (Å²) >= 11 is 0. The Balaban J connectivity index is 3.05. The Kier molecular flexibility index (Phi) is 4.29. The molecule has 0 saturated heterocycles. The van der Waals surface area contributed by atoms with Gasteiger partial charge in [0.05, 0.1) is 5.69 Å². The third-order valence-corrected chi connectivity index (χ3v) is 2.56. The number of halogens is 1. The number of carbonyl (C=O) groups is 2. The molecular formula is C14H18FNO3. The van der Waals surface area contributed by atoms with Gasteiger partial charge >= 0.3 is 6.09 Å². The predicted octanol–water partition coefficient (Wildman–Crippen LogP) is 3.60. The molecule has 1 rings (SSSR count). The summed E-state index contributed by atoms with van der Waals surface area (Å²) in [5.74, 6) is -0.504. The lowest BCUT2D eigenvalue weighted by Crippen LogP contribution is -2.27. The average Bonchev–Trinajstić information content (AvgIpc) is 2.27.